The second-order valence-corrected chi connectivity index (χ2v) is 9.02. The Balaban J connectivity index is 1.88. The van der Waals surface area contributed by atoms with Crippen molar-refractivity contribution in [2.24, 2.45) is 5.18 Å². The molecule has 10 nitrogen and oxygen atoms in total. The number of halogens is 1. The van der Waals surface area contributed by atoms with Gasteiger partial charge in [-0.2, -0.15) is 0 Å². The van der Waals surface area contributed by atoms with Crippen LogP contribution in [0.25, 0.3) is 0 Å². The number of anilines is 1. The van der Waals surface area contributed by atoms with E-state index in [1.807, 2.05) is 32.9 Å². The molecule has 11 heteroatoms. The summed E-state index contributed by atoms with van der Waals surface area (Å²) in [7, 11) is 0. The highest BCUT2D eigenvalue weighted by atomic mass is 35.5. The molecule has 1 aliphatic rings. The van der Waals surface area contributed by atoms with E-state index in [0.717, 1.165) is 21.8 Å². The number of nitroso groups, excluding NO2 is 1. The first-order valence-electron chi connectivity index (χ1n) is 11.1. The highest BCUT2D eigenvalue weighted by Gasteiger charge is 2.41. The molecule has 0 spiro atoms. The van der Waals surface area contributed by atoms with E-state index < -0.39 is 30.3 Å². The minimum Gasteiger partial charge on any atom is -0.491 e. The topological polar surface area (TPSA) is 120 Å². The van der Waals surface area contributed by atoms with Gasteiger partial charge in [-0.25, -0.2) is 14.5 Å². The van der Waals surface area contributed by atoms with Crippen LogP contribution >= 0.6 is 11.6 Å². The number of carbonyl (C=O) groups excluding carboxylic acids is 3. The second-order valence-electron chi connectivity index (χ2n) is 8.59. The van der Waals surface area contributed by atoms with Crippen molar-refractivity contribution in [3.8, 4) is 5.75 Å². The summed E-state index contributed by atoms with van der Waals surface area (Å²) in [5.74, 6) is -0.206. The van der Waals surface area contributed by atoms with Gasteiger partial charge >= 0.3 is 12.1 Å². The zero-order chi connectivity index (χ0) is 25.7. The number of rotatable bonds is 9. The molecule has 1 fully saturated rings. The maximum absolute atomic E-state index is 13.4. The summed E-state index contributed by atoms with van der Waals surface area (Å²) >= 11 is 5.99. The highest BCUT2D eigenvalue weighted by Crippen LogP contribution is 2.26. The van der Waals surface area contributed by atoms with Crippen molar-refractivity contribution in [3.63, 3.8) is 0 Å². The van der Waals surface area contributed by atoms with E-state index >= 15 is 0 Å². The average molecular weight is 502 g/mol. The first-order chi connectivity index (χ1) is 16.6. The minimum atomic E-state index is -0.943. The number of benzene rings is 2. The Bertz CT molecular complexity index is 1110. The van der Waals surface area contributed by atoms with Gasteiger partial charge in [-0.05, 0) is 69.2 Å². The van der Waals surface area contributed by atoms with Crippen LogP contribution in [0.4, 0.5) is 15.3 Å². The third kappa shape index (κ3) is 6.48. The fraction of sp³-hybridized carbons (Fsp3) is 0.375. The van der Waals surface area contributed by atoms with E-state index in [1.165, 1.54) is 11.8 Å². The van der Waals surface area contributed by atoms with Gasteiger partial charge in [-0.3, -0.25) is 15.0 Å². The summed E-state index contributed by atoms with van der Waals surface area (Å²) in [5, 5.41) is 8.87. The number of hydrogen-bond acceptors (Lipinski definition) is 6. The molecular formula is C24H28ClN5O5. The molecule has 0 aromatic heterocycles. The maximum Gasteiger partial charge on any atom is 0.331 e. The van der Waals surface area contributed by atoms with Crippen molar-refractivity contribution in [3.05, 3.63) is 63.5 Å². The summed E-state index contributed by atoms with van der Waals surface area (Å²) in [5.41, 5.74) is 2.33. The lowest BCUT2D eigenvalue weighted by molar-refractivity contribution is -0.118. The average Bonchev–Trinajstić information content (AvgIpc) is 2.79. The number of ether oxygens (including phenoxy) is 1. The van der Waals surface area contributed by atoms with E-state index in [1.54, 1.807) is 30.3 Å². The molecule has 0 saturated carbocycles. The molecule has 186 valence electrons. The van der Waals surface area contributed by atoms with Gasteiger partial charge < -0.3 is 10.1 Å². The van der Waals surface area contributed by atoms with Gasteiger partial charge in [0.05, 0.1) is 19.1 Å². The molecule has 0 aliphatic carbocycles. The van der Waals surface area contributed by atoms with Crippen LogP contribution in [0, 0.1) is 11.8 Å². The third-order valence-corrected chi connectivity index (χ3v) is 5.61. The SMILES string of the molecule is Cc1cc(NC2NC(=O)N([C@@H](C)CC(=O)N=O)C(=O)N2Cc2ccc(Cl)cc2)ccc1OC(C)C. The standard InChI is InChI=1S/C24H28ClN5O5/c1-14(2)35-20-10-9-19(11-15(20)3)26-22-27-23(32)30(16(4)12-21(31)28-34)24(33)29(22)13-17-5-7-18(25)8-6-17/h5-11,14,16,22,26H,12-13H2,1-4H3,(H,27,32)/t16-,22?/m0/s1. The molecule has 0 bridgehead atoms. The van der Waals surface area contributed by atoms with Crippen molar-refractivity contribution in [1.82, 2.24) is 15.1 Å². The van der Waals surface area contributed by atoms with Gasteiger partial charge in [0.1, 0.15) is 5.75 Å². The van der Waals surface area contributed by atoms with Gasteiger partial charge in [-0.15, -0.1) is 4.91 Å². The molecule has 35 heavy (non-hydrogen) atoms. The van der Waals surface area contributed by atoms with Crippen molar-refractivity contribution < 1.29 is 19.1 Å². The Morgan fingerprint density at radius 3 is 2.46 bits per heavy atom. The molecular weight excluding hydrogens is 474 g/mol. The number of hydrogen-bond donors (Lipinski definition) is 2. The summed E-state index contributed by atoms with van der Waals surface area (Å²) < 4.78 is 5.78. The Morgan fingerprint density at radius 1 is 1.17 bits per heavy atom. The molecule has 2 atom stereocenters. The van der Waals surface area contributed by atoms with Crippen LogP contribution in [0.15, 0.2) is 47.6 Å². The van der Waals surface area contributed by atoms with Crippen LogP contribution in [0.3, 0.4) is 0 Å². The van der Waals surface area contributed by atoms with E-state index in [-0.39, 0.29) is 19.1 Å². The molecule has 2 aromatic carbocycles. The number of carbonyl (C=O) groups is 3. The number of nitrogens with one attached hydrogen (secondary N) is 2. The molecule has 0 radical (unpaired) electrons. The van der Waals surface area contributed by atoms with E-state index in [9.17, 15) is 19.3 Å². The Hall–Kier alpha value is -3.66. The van der Waals surface area contributed by atoms with Crippen LogP contribution in [0.1, 0.15) is 38.3 Å². The van der Waals surface area contributed by atoms with Crippen LogP contribution in [-0.4, -0.2) is 46.2 Å². The molecule has 2 N–H and O–H groups in total. The summed E-state index contributed by atoms with van der Waals surface area (Å²) in [6, 6.07) is 10.3. The normalized spacial score (nSPS) is 16.7. The predicted octanol–water partition coefficient (Wildman–Crippen LogP) is 4.85. The summed E-state index contributed by atoms with van der Waals surface area (Å²) in [4.78, 5) is 50.7. The molecule has 1 aliphatic heterocycles. The highest BCUT2D eigenvalue weighted by molar-refractivity contribution is 6.30. The maximum atomic E-state index is 13.4. The fourth-order valence-electron chi connectivity index (χ4n) is 3.71. The quantitative estimate of drug-likeness (QED) is 0.474. The summed E-state index contributed by atoms with van der Waals surface area (Å²) in [6.07, 6.45) is -1.23. The Labute approximate surface area is 208 Å². The first-order valence-corrected chi connectivity index (χ1v) is 11.5. The lowest BCUT2D eigenvalue weighted by atomic mass is 10.1. The zero-order valence-electron chi connectivity index (χ0n) is 19.9. The molecule has 5 amide bonds. The number of nitrogens with zero attached hydrogens (tertiary/aromatic N) is 3. The van der Waals surface area contributed by atoms with Gasteiger partial charge in [-0.1, -0.05) is 23.7 Å². The van der Waals surface area contributed by atoms with Gasteiger partial charge in [0.15, 0.2) is 6.29 Å². The molecule has 2 aromatic rings. The van der Waals surface area contributed by atoms with E-state index in [0.29, 0.717) is 10.7 Å². The van der Waals surface area contributed by atoms with Crippen molar-refractivity contribution in [1.29, 1.82) is 0 Å². The van der Waals surface area contributed by atoms with Crippen molar-refractivity contribution in [2.75, 3.05) is 5.32 Å². The van der Waals surface area contributed by atoms with Crippen LogP contribution < -0.4 is 15.4 Å². The second kappa shape index (κ2) is 11.2. The molecule has 1 heterocycles. The largest absolute Gasteiger partial charge is 0.491 e. The molecule has 1 saturated heterocycles. The fourth-order valence-corrected chi connectivity index (χ4v) is 3.84. The van der Waals surface area contributed by atoms with Gasteiger partial charge in [0.2, 0.25) is 0 Å². The Kier molecular flexibility index (Phi) is 8.29. The van der Waals surface area contributed by atoms with E-state index in [2.05, 4.69) is 15.8 Å². The first kappa shape index (κ1) is 26.0. The monoisotopic (exact) mass is 501 g/mol. The predicted molar refractivity (Wildman–Crippen MR) is 132 cm³/mol. The number of aryl methyl sites for hydroxylation is 1. The number of imide groups is 1. The minimum absolute atomic E-state index is 0.0203. The summed E-state index contributed by atoms with van der Waals surface area (Å²) in [6.45, 7) is 7.43. The molecule has 1 unspecified atom stereocenters. The van der Waals surface area contributed by atoms with Crippen LogP contribution in [0.5, 0.6) is 5.75 Å². The van der Waals surface area contributed by atoms with Gasteiger partial charge in [0, 0.05) is 21.9 Å². The smallest absolute Gasteiger partial charge is 0.331 e. The van der Waals surface area contributed by atoms with Crippen molar-refractivity contribution >= 4 is 35.3 Å². The Morgan fingerprint density at radius 2 is 1.86 bits per heavy atom. The lowest BCUT2D eigenvalue weighted by Gasteiger charge is -2.43. The lowest BCUT2D eigenvalue weighted by Crippen LogP contribution is -2.68. The van der Waals surface area contributed by atoms with Crippen molar-refractivity contribution in [2.45, 2.75) is 59.1 Å². The number of amides is 5. The van der Waals surface area contributed by atoms with E-state index in [4.69, 9.17) is 16.3 Å². The zero-order valence-corrected chi connectivity index (χ0v) is 20.7. The van der Waals surface area contributed by atoms with Crippen LogP contribution in [-0.2, 0) is 11.3 Å². The van der Waals surface area contributed by atoms with Gasteiger partial charge in [0.25, 0.3) is 5.91 Å². The van der Waals surface area contributed by atoms with Crippen LogP contribution in [0.2, 0.25) is 5.02 Å². The molecule has 3 rings (SSSR count). The third-order valence-electron chi connectivity index (χ3n) is 5.36. The number of urea groups is 2.